The van der Waals surface area contributed by atoms with Gasteiger partial charge in [-0.3, -0.25) is 14.5 Å². The van der Waals surface area contributed by atoms with Crippen molar-refractivity contribution in [3.05, 3.63) is 59.2 Å². The summed E-state index contributed by atoms with van der Waals surface area (Å²) in [6.07, 6.45) is -2.93. The predicted molar refractivity (Wildman–Crippen MR) is 112 cm³/mol. The normalized spacial score (nSPS) is 17.0. The van der Waals surface area contributed by atoms with Crippen molar-refractivity contribution in [3.8, 4) is 5.75 Å². The number of anilines is 1. The molecule has 1 fully saturated rings. The average molecular weight is 447 g/mol. The minimum absolute atomic E-state index is 0.125. The maximum absolute atomic E-state index is 13.1. The molecule has 2 aromatic carbocycles. The second-order valence-corrected chi connectivity index (χ2v) is 8.16. The SMILES string of the molecule is CN(Cc1cccc(C(F)(F)F)c1)C1CCN(C(=O)c2cccc3c2OCC(=O)N3)CC1. The molecule has 0 bridgehead atoms. The Morgan fingerprint density at radius 2 is 1.91 bits per heavy atom. The lowest BCUT2D eigenvalue weighted by Crippen LogP contribution is -2.45. The first kappa shape index (κ1) is 22.1. The minimum Gasteiger partial charge on any atom is -0.481 e. The van der Waals surface area contributed by atoms with Gasteiger partial charge in [0, 0.05) is 25.7 Å². The number of rotatable bonds is 4. The van der Waals surface area contributed by atoms with E-state index in [9.17, 15) is 22.8 Å². The van der Waals surface area contributed by atoms with Crippen molar-refractivity contribution in [3.63, 3.8) is 0 Å². The van der Waals surface area contributed by atoms with Gasteiger partial charge in [-0.05, 0) is 43.7 Å². The molecular weight excluding hydrogens is 423 g/mol. The quantitative estimate of drug-likeness (QED) is 0.775. The molecule has 0 saturated carbocycles. The Morgan fingerprint density at radius 3 is 2.62 bits per heavy atom. The van der Waals surface area contributed by atoms with Crippen molar-refractivity contribution in [2.45, 2.75) is 31.6 Å². The third-order valence-electron chi connectivity index (χ3n) is 5.93. The highest BCUT2D eigenvalue weighted by atomic mass is 19.4. The molecule has 9 heteroatoms. The molecule has 2 aliphatic heterocycles. The molecule has 0 unspecified atom stereocenters. The van der Waals surface area contributed by atoms with Gasteiger partial charge in [-0.2, -0.15) is 13.2 Å². The lowest BCUT2D eigenvalue weighted by atomic mass is 10.0. The second-order valence-electron chi connectivity index (χ2n) is 8.16. The predicted octanol–water partition coefficient (Wildman–Crippen LogP) is 3.77. The van der Waals surface area contributed by atoms with Crippen molar-refractivity contribution in [1.29, 1.82) is 0 Å². The molecule has 0 aromatic heterocycles. The average Bonchev–Trinajstić information content (AvgIpc) is 2.77. The third kappa shape index (κ3) is 4.72. The van der Waals surface area contributed by atoms with Gasteiger partial charge in [-0.25, -0.2) is 0 Å². The smallest absolute Gasteiger partial charge is 0.416 e. The summed E-state index contributed by atoms with van der Waals surface area (Å²) in [5.74, 6) is -0.0235. The van der Waals surface area contributed by atoms with Crippen LogP contribution in [0.5, 0.6) is 5.75 Å². The summed E-state index contributed by atoms with van der Waals surface area (Å²) in [4.78, 5) is 28.4. The van der Waals surface area contributed by atoms with Crippen LogP contribution in [0.25, 0.3) is 0 Å². The van der Waals surface area contributed by atoms with E-state index in [-0.39, 0.29) is 24.5 Å². The Hall–Kier alpha value is -3.07. The number of halogens is 3. The number of benzene rings is 2. The van der Waals surface area contributed by atoms with Gasteiger partial charge in [0.1, 0.15) is 0 Å². The molecule has 2 amide bonds. The van der Waals surface area contributed by atoms with Gasteiger partial charge in [0.2, 0.25) is 0 Å². The molecule has 1 saturated heterocycles. The van der Waals surface area contributed by atoms with E-state index in [4.69, 9.17) is 4.74 Å². The van der Waals surface area contributed by atoms with E-state index < -0.39 is 11.7 Å². The molecule has 0 aliphatic carbocycles. The molecule has 32 heavy (non-hydrogen) atoms. The monoisotopic (exact) mass is 447 g/mol. The summed E-state index contributed by atoms with van der Waals surface area (Å²) in [5.41, 5.74) is 0.866. The van der Waals surface area contributed by atoms with Crippen LogP contribution in [0.4, 0.5) is 18.9 Å². The van der Waals surface area contributed by atoms with Gasteiger partial charge in [0.15, 0.2) is 12.4 Å². The number of alkyl halides is 3. The van der Waals surface area contributed by atoms with Crippen molar-refractivity contribution >= 4 is 17.5 Å². The molecule has 6 nitrogen and oxygen atoms in total. The molecule has 0 atom stereocenters. The van der Waals surface area contributed by atoms with Gasteiger partial charge in [-0.1, -0.05) is 24.3 Å². The van der Waals surface area contributed by atoms with E-state index >= 15 is 0 Å². The van der Waals surface area contributed by atoms with E-state index in [2.05, 4.69) is 5.32 Å². The van der Waals surface area contributed by atoms with E-state index in [1.807, 2.05) is 11.9 Å². The van der Waals surface area contributed by atoms with Crippen LogP contribution >= 0.6 is 0 Å². The molecule has 170 valence electrons. The van der Waals surface area contributed by atoms with Crippen molar-refractivity contribution in [2.75, 3.05) is 32.1 Å². The molecule has 0 spiro atoms. The number of nitrogens with one attached hydrogen (secondary N) is 1. The highest BCUT2D eigenvalue weighted by Crippen LogP contribution is 2.33. The van der Waals surface area contributed by atoms with E-state index in [1.54, 1.807) is 29.2 Å². The number of carbonyl (C=O) groups excluding carboxylic acids is 2. The van der Waals surface area contributed by atoms with Crippen LogP contribution in [0.3, 0.4) is 0 Å². The first-order chi connectivity index (χ1) is 15.2. The number of carbonyl (C=O) groups is 2. The fraction of sp³-hybridized carbons (Fsp3) is 0.391. The first-order valence-corrected chi connectivity index (χ1v) is 10.4. The Labute approximate surface area is 183 Å². The zero-order valence-electron chi connectivity index (χ0n) is 17.6. The van der Waals surface area contributed by atoms with Gasteiger partial charge in [-0.15, -0.1) is 0 Å². The number of hydrogen-bond acceptors (Lipinski definition) is 4. The van der Waals surface area contributed by atoms with Crippen molar-refractivity contribution in [2.24, 2.45) is 0 Å². The maximum atomic E-state index is 13.1. The van der Waals surface area contributed by atoms with E-state index in [0.717, 1.165) is 6.07 Å². The van der Waals surface area contributed by atoms with Crippen LogP contribution in [0.1, 0.15) is 34.3 Å². The molecular formula is C23H24F3N3O3. The number of para-hydroxylation sites is 1. The van der Waals surface area contributed by atoms with Gasteiger partial charge < -0.3 is 15.0 Å². The van der Waals surface area contributed by atoms with Crippen LogP contribution in [-0.2, 0) is 17.5 Å². The molecule has 0 radical (unpaired) electrons. The van der Waals surface area contributed by atoms with Gasteiger partial charge in [0.25, 0.3) is 11.8 Å². The lowest BCUT2D eigenvalue weighted by molar-refractivity contribution is -0.137. The summed E-state index contributed by atoms with van der Waals surface area (Å²) in [6.45, 7) is 1.35. The summed E-state index contributed by atoms with van der Waals surface area (Å²) in [7, 11) is 1.90. The van der Waals surface area contributed by atoms with Crippen LogP contribution in [0.2, 0.25) is 0 Å². The topological polar surface area (TPSA) is 61.9 Å². The molecule has 2 aromatic rings. The molecule has 4 rings (SSSR count). The summed E-state index contributed by atoms with van der Waals surface area (Å²) in [6, 6.07) is 10.6. The largest absolute Gasteiger partial charge is 0.481 e. The van der Waals surface area contributed by atoms with Crippen LogP contribution in [0.15, 0.2) is 42.5 Å². The Morgan fingerprint density at radius 1 is 1.19 bits per heavy atom. The number of nitrogens with zero attached hydrogens (tertiary/aromatic N) is 2. The Balaban J connectivity index is 1.37. The molecule has 1 N–H and O–H groups in total. The van der Waals surface area contributed by atoms with E-state index in [0.29, 0.717) is 55.0 Å². The highest BCUT2D eigenvalue weighted by molar-refractivity contribution is 6.03. The van der Waals surface area contributed by atoms with Crippen molar-refractivity contribution in [1.82, 2.24) is 9.80 Å². The zero-order chi connectivity index (χ0) is 22.9. The lowest BCUT2D eigenvalue weighted by Gasteiger charge is -2.37. The first-order valence-electron chi connectivity index (χ1n) is 10.4. The number of fused-ring (bicyclic) bond motifs is 1. The fourth-order valence-electron chi connectivity index (χ4n) is 4.23. The van der Waals surface area contributed by atoms with Gasteiger partial charge in [0.05, 0.1) is 16.8 Å². The number of hydrogen-bond donors (Lipinski definition) is 1. The molecule has 2 aliphatic rings. The number of amides is 2. The number of piperidine rings is 1. The van der Waals surface area contributed by atoms with Crippen molar-refractivity contribution < 1.29 is 27.5 Å². The standard InChI is InChI=1S/C23H24F3N3O3/c1-28(13-15-4-2-5-16(12-15)23(24,25)26)17-8-10-29(11-9-17)22(31)18-6-3-7-19-21(18)32-14-20(30)27-19/h2-7,12,17H,8-11,13-14H2,1H3,(H,27,30). The third-order valence-corrected chi connectivity index (χ3v) is 5.93. The summed E-state index contributed by atoms with van der Waals surface area (Å²) in [5, 5.41) is 2.70. The van der Waals surface area contributed by atoms with E-state index in [1.165, 1.54) is 12.1 Å². The minimum atomic E-state index is -4.36. The highest BCUT2D eigenvalue weighted by Gasteiger charge is 2.32. The molecule has 2 heterocycles. The maximum Gasteiger partial charge on any atom is 0.416 e. The van der Waals surface area contributed by atoms with Gasteiger partial charge >= 0.3 is 6.18 Å². The summed E-state index contributed by atoms with van der Waals surface area (Å²) < 4.78 is 44.4. The van der Waals surface area contributed by atoms with Crippen LogP contribution < -0.4 is 10.1 Å². The Kier molecular flexibility index (Phi) is 6.10. The van der Waals surface area contributed by atoms with Crippen LogP contribution in [0, 0.1) is 0 Å². The fourth-order valence-corrected chi connectivity index (χ4v) is 4.23. The Bertz CT molecular complexity index is 1020. The number of likely N-dealkylation sites (tertiary alicyclic amines) is 1. The summed E-state index contributed by atoms with van der Waals surface area (Å²) >= 11 is 0. The zero-order valence-corrected chi connectivity index (χ0v) is 17.6. The number of ether oxygens (including phenoxy) is 1. The second kappa shape index (κ2) is 8.82. The van der Waals surface area contributed by atoms with Crippen LogP contribution in [-0.4, -0.2) is 54.4 Å².